The minimum atomic E-state index is 0.0608. The van der Waals surface area contributed by atoms with E-state index in [1.807, 2.05) is 17.7 Å². The van der Waals surface area contributed by atoms with E-state index in [1.165, 1.54) is 33.8 Å². The number of rotatable bonds is 0. The van der Waals surface area contributed by atoms with Crippen molar-refractivity contribution in [1.29, 1.82) is 0 Å². The number of amides is 2. The highest BCUT2D eigenvalue weighted by Gasteiger charge is 2.22. The molecule has 0 aromatic carbocycles. The monoisotopic (exact) mass is 370 g/mol. The summed E-state index contributed by atoms with van der Waals surface area (Å²) in [5, 5.41) is 9.50. The third-order valence-corrected chi connectivity index (χ3v) is 6.38. The maximum absolute atomic E-state index is 11.0. The van der Waals surface area contributed by atoms with Crippen molar-refractivity contribution in [1.82, 2.24) is 10.6 Å². The molecule has 0 spiro atoms. The summed E-state index contributed by atoms with van der Waals surface area (Å²) in [5.74, 6) is 0.152. The van der Waals surface area contributed by atoms with Crippen molar-refractivity contribution in [3.63, 3.8) is 0 Å². The molecule has 2 N–H and O–H groups in total. The second-order valence-corrected chi connectivity index (χ2v) is 7.10. The summed E-state index contributed by atoms with van der Waals surface area (Å²) in [5.41, 5.74) is 3.53. The molecule has 2 amide bonds. The summed E-state index contributed by atoms with van der Waals surface area (Å²) in [6.07, 6.45) is 0. The first-order chi connectivity index (χ1) is 9.58. The molecule has 2 aliphatic heterocycles. The van der Waals surface area contributed by atoms with Gasteiger partial charge in [0.15, 0.2) is 0 Å². The number of carbonyl (C=O) groups excluding carboxylic acids is 2. The van der Waals surface area contributed by atoms with Crippen LogP contribution in [0.1, 0.15) is 36.0 Å². The van der Waals surface area contributed by atoms with Gasteiger partial charge in [0.05, 0.1) is 9.75 Å². The van der Waals surface area contributed by atoms with E-state index in [0.29, 0.717) is 6.54 Å². The molecule has 2 aromatic heterocycles. The molecule has 0 fully saturated rings. The van der Waals surface area contributed by atoms with Crippen molar-refractivity contribution >= 4 is 50.4 Å². The Balaban J connectivity index is 0.000000121. The number of thiophene rings is 2. The molecule has 0 saturated carbocycles. The van der Waals surface area contributed by atoms with Gasteiger partial charge in [-0.2, -0.15) is 0 Å². The molecular formula is C13H11BrN2O2S2. The normalized spacial score (nSPS) is 15.1. The molecule has 0 unspecified atom stereocenters. The third kappa shape index (κ3) is 2.30. The van der Waals surface area contributed by atoms with Gasteiger partial charge in [0.1, 0.15) is 0 Å². The lowest BCUT2D eigenvalue weighted by Gasteiger charge is -1.88. The van der Waals surface area contributed by atoms with Gasteiger partial charge in [0.2, 0.25) is 0 Å². The SMILES string of the molecule is Cc1csc2c1CNC2=O.O=C1NCc2c(Br)csc21. The Hall–Kier alpha value is -1.18. The Labute approximate surface area is 132 Å². The zero-order chi connectivity index (χ0) is 14.3. The number of halogens is 1. The molecule has 4 heterocycles. The molecule has 0 saturated heterocycles. The Bertz CT molecular complexity index is 645. The predicted octanol–water partition coefficient (Wildman–Crippen LogP) is 3.05. The summed E-state index contributed by atoms with van der Waals surface area (Å²) in [7, 11) is 0. The minimum Gasteiger partial charge on any atom is -0.347 e. The van der Waals surface area contributed by atoms with Gasteiger partial charge in [-0.3, -0.25) is 9.59 Å². The fraction of sp³-hybridized carbons (Fsp3) is 0.231. The van der Waals surface area contributed by atoms with E-state index >= 15 is 0 Å². The van der Waals surface area contributed by atoms with E-state index in [1.54, 1.807) is 0 Å². The second-order valence-electron chi connectivity index (χ2n) is 4.48. The number of fused-ring (bicyclic) bond motifs is 2. The van der Waals surface area contributed by atoms with E-state index in [-0.39, 0.29) is 11.8 Å². The first-order valence-electron chi connectivity index (χ1n) is 5.97. The number of hydrogen-bond donors (Lipinski definition) is 2. The molecule has 7 heteroatoms. The van der Waals surface area contributed by atoms with Crippen LogP contribution < -0.4 is 10.6 Å². The van der Waals surface area contributed by atoms with Crippen LogP contribution in [0.25, 0.3) is 0 Å². The van der Waals surface area contributed by atoms with Crippen LogP contribution in [0.3, 0.4) is 0 Å². The second kappa shape index (κ2) is 5.31. The summed E-state index contributed by atoms with van der Waals surface area (Å²) >= 11 is 6.39. The lowest BCUT2D eigenvalue weighted by atomic mass is 10.2. The van der Waals surface area contributed by atoms with E-state index in [9.17, 15) is 9.59 Å². The van der Waals surface area contributed by atoms with Crippen LogP contribution >= 0.6 is 38.6 Å². The Kier molecular flexibility index (Phi) is 3.66. The summed E-state index contributed by atoms with van der Waals surface area (Å²) in [6.45, 7) is 3.44. The van der Waals surface area contributed by atoms with Crippen LogP contribution in [0.5, 0.6) is 0 Å². The predicted molar refractivity (Wildman–Crippen MR) is 83.4 cm³/mol. The van der Waals surface area contributed by atoms with Gasteiger partial charge in [-0.15, -0.1) is 22.7 Å². The number of carbonyl (C=O) groups is 2. The maximum Gasteiger partial charge on any atom is 0.262 e. The topological polar surface area (TPSA) is 58.2 Å². The van der Waals surface area contributed by atoms with Crippen LogP contribution in [0.2, 0.25) is 0 Å². The van der Waals surface area contributed by atoms with Crippen LogP contribution in [-0.2, 0) is 13.1 Å². The molecule has 2 aliphatic rings. The van der Waals surface area contributed by atoms with Gasteiger partial charge in [0, 0.05) is 28.5 Å². The average molecular weight is 371 g/mol. The lowest BCUT2D eigenvalue weighted by Crippen LogP contribution is -2.12. The fourth-order valence-electron chi connectivity index (χ4n) is 2.09. The molecule has 0 atom stereocenters. The summed E-state index contributed by atoms with van der Waals surface area (Å²) in [4.78, 5) is 23.7. The Morgan fingerprint density at radius 3 is 2.15 bits per heavy atom. The fourth-order valence-corrected chi connectivity index (χ4v) is 4.70. The van der Waals surface area contributed by atoms with E-state index in [4.69, 9.17) is 0 Å². The standard InChI is InChI=1S/C7H7NOS.C6H4BrNOS/c1-4-3-10-6-5(4)2-8-7(6)9;7-4-2-10-5-3(4)1-8-6(5)9/h3H,2H2,1H3,(H,8,9);2H,1H2,(H,8,9). The van der Waals surface area contributed by atoms with Gasteiger partial charge in [-0.1, -0.05) is 0 Å². The molecule has 20 heavy (non-hydrogen) atoms. The first-order valence-corrected chi connectivity index (χ1v) is 8.52. The largest absolute Gasteiger partial charge is 0.347 e. The number of hydrogen-bond acceptors (Lipinski definition) is 4. The van der Waals surface area contributed by atoms with Gasteiger partial charge in [0.25, 0.3) is 11.8 Å². The minimum absolute atomic E-state index is 0.0608. The van der Waals surface area contributed by atoms with Crippen LogP contribution in [-0.4, -0.2) is 11.8 Å². The highest BCUT2D eigenvalue weighted by Crippen LogP contribution is 2.30. The third-order valence-electron chi connectivity index (χ3n) is 3.21. The van der Waals surface area contributed by atoms with E-state index in [0.717, 1.165) is 26.3 Å². The van der Waals surface area contributed by atoms with E-state index < -0.39 is 0 Å². The molecule has 4 rings (SSSR count). The van der Waals surface area contributed by atoms with Crippen molar-refractivity contribution in [2.75, 3.05) is 0 Å². The lowest BCUT2D eigenvalue weighted by molar-refractivity contribution is 0.0961. The Morgan fingerprint density at radius 1 is 1.00 bits per heavy atom. The van der Waals surface area contributed by atoms with E-state index in [2.05, 4.69) is 26.6 Å². The number of nitrogens with one attached hydrogen (secondary N) is 2. The first kappa shape index (κ1) is 13.8. The van der Waals surface area contributed by atoms with Crippen molar-refractivity contribution in [2.45, 2.75) is 20.0 Å². The smallest absolute Gasteiger partial charge is 0.262 e. The zero-order valence-corrected chi connectivity index (χ0v) is 13.8. The van der Waals surface area contributed by atoms with Crippen molar-refractivity contribution in [3.8, 4) is 0 Å². The van der Waals surface area contributed by atoms with Crippen LogP contribution in [0.15, 0.2) is 15.2 Å². The van der Waals surface area contributed by atoms with Crippen LogP contribution in [0.4, 0.5) is 0 Å². The summed E-state index contributed by atoms with van der Waals surface area (Å²) in [6, 6.07) is 0. The molecular weight excluding hydrogens is 360 g/mol. The highest BCUT2D eigenvalue weighted by atomic mass is 79.9. The van der Waals surface area contributed by atoms with Gasteiger partial charge in [-0.05, 0) is 39.4 Å². The van der Waals surface area contributed by atoms with Crippen molar-refractivity contribution in [3.05, 3.63) is 41.7 Å². The van der Waals surface area contributed by atoms with Gasteiger partial charge in [-0.25, -0.2) is 0 Å². The van der Waals surface area contributed by atoms with Crippen LogP contribution in [0, 0.1) is 6.92 Å². The molecule has 0 radical (unpaired) electrons. The Morgan fingerprint density at radius 2 is 1.55 bits per heavy atom. The van der Waals surface area contributed by atoms with Gasteiger partial charge >= 0.3 is 0 Å². The maximum atomic E-state index is 11.0. The number of aryl methyl sites for hydroxylation is 1. The zero-order valence-electron chi connectivity index (χ0n) is 10.6. The molecule has 0 bridgehead atoms. The molecule has 0 aliphatic carbocycles. The average Bonchev–Trinajstić information content (AvgIpc) is 3.13. The molecule has 2 aromatic rings. The molecule has 104 valence electrons. The van der Waals surface area contributed by atoms with Gasteiger partial charge < -0.3 is 10.6 Å². The van der Waals surface area contributed by atoms with Crippen molar-refractivity contribution in [2.24, 2.45) is 0 Å². The van der Waals surface area contributed by atoms with Crippen molar-refractivity contribution < 1.29 is 9.59 Å². The summed E-state index contributed by atoms with van der Waals surface area (Å²) < 4.78 is 1.05. The quantitative estimate of drug-likeness (QED) is 0.748. The highest BCUT2D eigenvalue weighted by molar-refractivity contribution is 9.10. The molecule has 4 nitrogen and oxygen atoms in total.